The van der Waals surface area contributed by atoms with Crippen molar-refractivity contribution in [3.8, 4) is 0 Å². The Kier molecular flexibility index (Phi) is 5.90. The highest BCUT2D eigenvalue weighted by molar-refractivity contribution is 4.92. The maximum absolute atomic E-state index is 8.90. The smallest absolute Gasteiger partial charge is 0.0443 e. The Hall–Kier alpha value is -0.120. The highest BCUT2D eigenvalue weighted by Crippen LogP contribution is 2.37. The van der Waals surface area contributed by atoms with Crippen LogP contribution >= 0.6 is 0 Å². The molecule has 3 N–H and O–H groups in total. The van der Waals surface area contributed by atoms with Gasteiger partial charge in [0.05, 0.1) is 0 Å². The minimum Gasteiger partial charge on any atom is -0.396 e. The molecular formula is C14H30N2O. The molecule has 0 amide bonds. The molecule has 0 aromatic carbocycles. The third-order valence-electron chi connectivity index (χ3n) is 4.38. The van der Waals surface area contributed by atoms with Gasteiger partial charge in [0.1, 0.15) is 0 Å². The van der Waals surface area contributed by atoms with E-state index in [1.54, 1.807) is 0 Å². The Labute approximate surface area is 106 Å². The van der Waals surface area contributed by atoms with Crippen molar-refractivity contribution in [3.63, 3.8) is 0 Å². The molecule has 3 heteroatoms. The lowest BCUT2D eigenvalue weighted by atomic mass is 9.68. The molecule has 2 unspecified atom stereocenters. The molecule has 1 saturated carbocycles. The van der Waals surface area contributed by atoms with E-state index in [4.69, 9.17) is 10.8 Å². The summed E-state index contributed by atoms with van der Waals surface area (Å²) >= 11 is 0. The van der Waals surface area contributed by atoms with Crippen LogP contribution in [0.5, 0.6) is 0 Å². The van der Waals surface area contributed by atoms with Crippen molar-refractivity contribution in [2.45, 2.75) is 52.5 Å². The summed E-state index contributed by atoms with van der Waals surface area (Å²) in [7, 11) is 0. The molecule has 0 radical (unpaired) electrons. The predicted molar refractivity (Wildman–Crippen MR) is 72.9 cm³/mol. The van der Waals surface area contributed by atoms with E-state index in [2.05, 4.69) is 25.7 Å². The second kappa shape index (κ2) is 6.72. The topological polar surface area (TPSA) is 49.5 Å². The van der Waals surface area contributed by atoms with Gasteiger partial charge in [0.15, 0.2) is 0 Å². The van der Waals surface area contributed by atoms with Gasteiger partial charge >= 0.3 is 0 Å². The van der Waals surface area contributed by atoms with Crippen LogP contribution in [0.4, 0.5) is 0 Å². The van der Waals surface area contributed by atoms with E-state index in [0.717, 1.165) is 26.1 Å². The second-order valence-corrected chi connectivity index (χ2v) is 6.14. The molecule has 17 heavy (non-hydrogen) atoms. The highest BCUT2D eigenvalue weighted by atomic mass is 16.3. The van der Waals surface area contributed by atoms with E-state index in [-0.39, 0.29) is 0 Å². The zero-order valence-corrected chi connectivity index (χ0v) is 11.8. The van der Waals surface area contributed by atoms with Crippen LogP contribution in [0.25, 0.3) is 0 Å². The monoisotopic (exact) mass is 242 g/mol. The average molecular weight is 242 g/mol. The van der Waals surface area contributed by atoms with Gasteiger partial charge in [-0.15, -0.1) is 0 Å². The summed E-state index contributed by atoms with van der Waals surface area (Å²) in [6.45, 7) is 10.2. The number of aliphatic hydroxyl groups excluding tert-OH is 1. The average Bonchev–Trinajstić information content (AvgIpc) is 2.29. The summed E-state index contributed by atoms with van der Waals surface area (Å²) in [5, 5.41) is 8.90. The molecule has 1 aliphatic rings. The van der Waals surface area contributed by atoms with Gasteiger partial charge in [-0.05, 0) is 37.1 Å². The lowest BCUT2D eigenvalue weighted by molar-refractivity contribution is 0.101. The van der Waals surface area contributed by atoms with Crippen LogP contribution in [0.1, 0.15) is 46.5 Å². The van der Waals surface area contributed by atoms with Crippen molar-refractivity contribution in [3.05, 3.63) is 0 Å². The molecule has 3 nitrogen and oxygen atoms in total. The van der Waals surface area contributed by atoms with E-state index >= 15 is 0 Å². The molecule has 0 aromatic heterocycles. The normalized spacial score (nSPS) is 28.6. The van der Waals surface area contributed by atoms with Gasteiger partial charge in [-0.1, -0.05) is 27.2 Å². The number of hydrogen-bond acceptors (Lipinski definition) is 3. The minimum absolute atomic E-state index is 0.290. The van der Waals surface area contributed by atoms with Crippen LogP contribution in [-0.2, 0) is 0 Å². The molecule has 102 valence electrons. The summed E-state index contributed by atoms with van der Waals surface area (Å²) in [6.07, 6.45) is 4.70. The standard InChI is InChI=1S/C14H30N2O/c1-4-16(9-6-10-17)11-12-7-5-8-14(2,3)13(12)15/h12-13,17H,4-11,15H2,1-3H3. The van der Waals surface area contributed by atoms with Crippen molar-refractivity contribution < 1.29 is 5.11 Å². The molecular weight excluding hydrogens is 212 g/mol. The van der Waals surface area contributed by atoms with Crippen LogP contribution in [0.15, 0.2) is 0 Å². The highest BCUT2D eigenvalue weighted by Gasteiger charge is 2.36. The summed E-state index contributed by atoms with van der Waals surface area (Å²) < 4.78 is 0. The number of hydrogen-bond donors (Lipinski definition) is 2. The summed E-state index contributed by atoms with van der Waals surface area (Å²) in [5.41, 5.74) is 6.70. The molecule has 1 fully saturated rings. The van der Waals surface area contributed by atoms with Gasteiger partial charge in [0, 0.05) is 25.7 Å². The number of aliphatic hydroxyl groups is 1. The van der Waals surface area contributed by atoms with Gasteiger partial charge in [-0.25, -0.2) is 0 Å². The van der Waals surface area contributed by atoms with E-state index < -0.39 is 0 Å². The second-order valence-electron chi connectivity index (χ2n) is 6.14. The quantitative estimate of drug-likeness (QED) is 0.747. The zero-order chi connectivity index (χ0) is 12.9. The first-order valence-corrected chi connectivity index (χ1v) is 7.10. The molecule has 0 saturated heterocycles. The molecule has 0 spiro atoms. The van der Waals surface area contributed by atoms with Crippen LogP contribution in [0.2, 0.25) is 0 Å². The zero-order valence-electron chi connectivity index (χ0n) is 11.8. The number of nitrogens with two attached hydrogens (primary N) is 1. The third kappa shape index (κ3) is 4.23. The fourth-order valence-electron chi connectivity index (χ4n) is 3.01. The van der Waals surface area contributed by atoms with Crippen LogP contribution in [0.3, 0.4) is 0 Å². The van der Waals surface area contributed by atoms with Gasteiger partial charge in [0.25, 0.3) is 0 Å². The number of nitrogens with zero attached hydrogens (tertiary/aromatic N) is 1. The number of rotatable bonds is 6. The largest absolute Gasteiger partial charge is 0.396 e. The maximum Gasteiger partial charge on any atom is 0.0443 e. The summed E-state index contributed by atoms with van der Waals surface area (Å²) in [6, 6.07) is 0.319. The van der Waals surface area contributed by atoms with Crippen molar-refractivity contribution >= 4 is 0 Å². The Balaban J connectivity index is 2.48. The summed E-state index contributed by atoms with van der Waals surface area (Å²) in [5.74, 6) is 0.623. The van der Waals surface area contributed by atoms with Crippen molar-refractivity contribution in [1.82, 2.24) is 4.90 Å². The lowest BCUT2D eigenvalue weighted by Gasteiger charge is -2.43. The van der Waals surface area contributed by atoms with Crippen LogP contribution in [0, 0.1) is 11.3 Å². The fourth-order valence-corrected chi connectivity index (χ4v) is 3.01. The van der Waals surface area contributed by atoms with Crippen molar-refractivity contribution in [2.24, 2.45) is 17.1 Å². The van der Waals surface area contributed by atoms with Gasteiger partial charge in [0.2, 0.25) is 0 Å². The fraction of sp³-hybridized carbons (Fsp3) is 1.00. The van der Waals surface area contributed by atoms with Crippen LogP contribution in [-0.4, -0.2) is 42.3 Å². The lowest BCUT2D eigenvalue weighted by Crippen LogP contribution is -2.50. The first-order chi connectivity index (χ1) is 8.01. The van der Waals surface area contributed by atoms with E-state index in [0.29, 0.717) is 24.0 Å². The maximum atomic E-state index is 8.90. The third-order valence-corrected chi connectivity index (χ3v) is 4.38. The SMILES string of the molecule is CCN(CCCO)CC1CCCC(C)(C)C1N. The summed E-state index contributed by atoms with van der Waals surface area (Å²) in [4.78, 5) is 2.43. The molecule has 0 heterocycles. The Morgan fingerprint density at radius 3 is 2.71 bits per heavy atom. The minimum atomic E-state index is 0.290. The molecule has 0 aliphatic heterocycles. The van der Waals surface area contributed by atoms with Gasteiger partial charge in [-0.2, -0.15) is 0 Å². The molecule has 2 atom stereocenters. The van der Waals surface area contributed by atoms with E-state index in [1.807, 2.05) is 0 Å². The Bertz CT molecular complexity index is 218. The Morgan fingerprint density at radius 1 is 1.41 bits per heavy atom. The van der Waals surface area contributed by atoms with Crippen molar-refractivity contribution in [2.75, 3.05) is 26.2 Å². The first kappa shape index (κ1) is 14.9. The predicted octanol–water partition coefficient (Wildman–Crippen LogP) is 1.84. The Morgan fingerprint density at radius 2 is 2.12 bits per heavy atom. The van der Waals surface area contributed by atoms with Gasteiger partial charge in [-0.3, -0.25) is 0 Å². The molecule has 0 aromatic rings. The molecule has 1 aliphatic carbocycles. The van der Waals surface area contributed by atoms with Crippen LogP contribution < -0.4 is 5.73 Å². The van der Waals surface area contributed by atoms with Gasteiger partial charge < -0.3 is 15.7 Å². The van der Waals surface area contributed by atoms with Crippen molar-refractivity contribution in [1.29, 1.82) is 0 Å². The van der Waals surface area contributed by atoms with E-state index in [1.165, 1.54) is 19.3 Å². The first-order valence-electron chi connectivity index (χ1n) is 7.10. The van der Waals surface area contributed by atoms with E-state index in [9.17, 15) is 0 Å². The molecule has 0 bridgehead atoms. The molecule has 1 rings (SSSR count).